The highest BCUT2D eigenvalue weighted by atomic mass is 16.7. The summed E-state index contributed by atoms with van der Waals surface area (Å²) in [5.41, 5.74) is 1.90. The van der Waals surface area contributed by atoms with Crippen molar-refractivity contribution < 1.29 is 38.3 Å². The number of rotatable bonds is 16. The molecule has 0 fully saturated rings. The summed E-state index contributed by atoms with van der Waals surface area (Å²) in [4.78, 5) is 13.0. The number of methoxy groups -OCH3 is 3. The maximum atomic E-state index is 13.0. The van der Waals surface area contributed by atoms with E-state index in [-0.39, 0.29) is 44.8 Å². The highest BCUT2D eigenvalue weighted by Crippen LogP contribution is 2.40. The molecule has 0 aliphatic heterocycles. The lowest BCUT2D eigenvalue weighted by atomic mass is 9.95. The average Bonchev–Trinajstić information content (AvgIpc) is 2.82. The molecule has 0 bridgehead atoms. The molecular weight excluding hydrogens is 440 g/mol. The molecule has 0 saturated heterocycles. The number of carbonyl (C=O) groups excluding carboxylic acids is 1. The smallest absolute Gasteiger partial charge is 0.188 e. The Morgan fingerprint density at radius 2 is 1.38 bits per heavy atom. The summed E-state index contributed by atoms with van der Waals surface area (Å²) in [5.74, 6) is 1.84. The van der Waals surface area contributed by atoms with E-state index in [0.29, 0.717) is 40.7 Å². The van der Waals surface area contributed by atoms with Crippen molar-refractivity contribution in [2.75, 3.05) is 41.7 Å². The maximum absolute atomic E-state index is 13.0. The molecule has 0 radical (unpaired) electrons. The normalized spacial score (nSPS) is 11.0. The Kier molecular flexibility index (Phi) is 11.7. The number of hydrogen-bond donors (Lipinski definition) is 1. The van der Waals surface area contributed by atoms with E-state index in [4.69, 9.17) is 28.4 Å². The Hall–Kier alpha value is -2.81. The van der Waals surface area contributed by atoms with Crippen LogP contribution in [0.5, 0.6) is 23.0 Å². The fourth-order valence-corrected chi connectivity index (χ4v) is 3.37. The summed E-state index contributed by atoms with van der Waals surface area (Å²) in [6, 6.07) is 8.94. The lowest BCUT2D eigenvalue weighted by molar-refractivity contribution is -0.117. The predicted octanol–water partition coefficient (Wildman–Crippen LogP) is 4.28. The van der Waals surface area contributed by atoms with E-state index in [0.717, 1.165) is 12.0 Å². The lowest BCUT2D eigenvalue weighted by Gasteiger charge is -2.20. The van der Waals surface area contributed by atoms with Crippen LogP contribution in [0, 0.1) is 5.92 Å². The first-order chi connectivity index (χ1) is 16.4. The van der Waals surface area contributed by atoms with Crippen LogP contribution in [0.25, 0.3) is 0 Å². The average molecular weight is 477 g/mol. The quantitative estimate of drug-likeness (QED) is 0.359. The number of benzene rings is 2. The van der Waals surface area contributed by atoms with Crippen molar-refractivity contribution in [2.45, 2.75) is 39.5 Å². The van der Waals surface area contributed by atoms with Crippen molar-refractivity contribution in [3.63, 3.8) is 0 Å². The van der Waals surface area contributed by atoms with Crippen LogP contribution in [0.2, 0.25) is 0 Å². The molecular formula is C26H36O8. The Balaban J connectivity index is 2.28. The number of ether oxygens (including phenoxy) is 6. The molecule has 8 nitrogen and oxygen atoms in total. The molecule has 0 saturated carbocycles. The third-order valence-corrected chi connectivity index (χ3v) is 5.11. The maximum Gasteiger partial charge on any atom is 0.188 e. The van der Waals surface area contributed by atoms with E-state index in [2.05, 4.69) is 13.8 Å². The first-order valence-electron chi connectivity index (χ1n) is 11.2. The molecule has 8 heteroatoms. The predicted molar refractivity (Wildman–Crippen MR) is 128 cm³/mol. The second-order valence-corrected chi connectivity index (χ2v) is 8.30. The van der Waals surface area contributed by atoms with E-state index in [1.165, 1.54) is 14.2 Å². The van der Waals surface area contributed by atoms with E-state index in [1.807, 2.05) is 12.1 Å². The zero-order valence-corrected chi connectivity index (χ0v) is 20.7. The van der Waals surface area contributed by atoms with Gasteiger partial charge < -0.3 is 33.5 Å². The van der Waals surface area contributed by atoms with Gasteiger partial charge in [-0.1, -0.05) is 26.0 Å². The molecule has 0 aromatic heterocycles. The molecule has 2 aromatic rings. The van der Waals surface area contributed by atoms with E-state index in [9.17, 15) is 9.90 Å². The van der Waals surface area contributed by atoms with Crippen molar-refractivity contribution in [2.24, 2.45) is 5.92 Å². The van der Waals surface area contributed by atoms with Crippen LogP contribution in [-0.2, 0) is 38.3 Å². The number of ketones is 1. The monoisotopic (exact) mass is 476 g/mol. The van der Waals surface area contributed by atoms with Gasteiger partial charge in [-0.05, 0) is 36.5 Å². The molecule has 0 atom stereocenters. The van der Waals surface area contributed by atoms with Gasteiger partial charge in [0.15, 0.2) is 20.4 Å². The molecule has 0 aliphatic carbocycles. The third kappa shape index (κ3) is 8.52. The first kappa shape index (κ1) is 27.4. The highest BCUT2D eigenvalue weighted by molar-refractivity contribution is 5.85. The Bertz CT molecular complexity index is 893. The minimum absolute atomic E-state index is 0.00600. The van der Waals surface area contributed by atoms with E-state index in [1.54, 1.807) is 25.3 Å². The molecule has 0 spiro atoms. The van der Waals surface area contributed by atoms with Gasteiger partial charge in [0.2, 0.25) is 0 Å². The lowest BCUT2D eigenvalue weighted by Crippen LogP contribution is -2.12. The van der Waals surface area contributed by atoms with Gasteiger partial charge in [0.05, 0.1) is 0 Å². The number of Topliss-reactive ketones (excluding diaryl/α,β-unsaturated/α-hetero) is 1. The van der Waals surface area contributed by atoms with Crippen LogP contribution in [-0.4, -0.2) is 52.6 Å². The van der Waals surface area contributed by atoms with Crippen LogP contribution in [0.3, 0.4) is 0 Å². The van der Waals surface area contributed by atoms with Crippen LogP contribution < -0.4 is 14.2 Å². The fraction of sp³-hybridized carbons (Fsp3) is 0.500. The van der Waals surface area contributed by atoms with E-state index < -0.39 is 0 Å². The molecule has 34 heavy (non-hydrogen) atoms. The van der Waals surface area contributed by atoms with E-state index >= 15 is 0 Å². The Morgan fingerprint density at radius 1 is 0.824 bits per heavy atom. The summed E-state index contributed by atoms with van der Waals surface area (Å²) >= 11 is 0. The minimum Gasteiger partial charge on any atom is -0.507 e. The number of aromatic hydroxyl groups is 1. The third-order valence-electron chi connectivity index (χ3n) is 5.11. The summed E-state index contributed by atoms with van der Waals surface area (Å²) in [5, 5.41) is 11.2. The summed E-state index contributed by atoms with van der Waals surface area (Å²) in [7, 11) is 4.58. The molecule has 2 aromatic carbocycles. The van der Waals surface area contributed by atoms with Crippen molar-refractivity contribution in [1.82, 2.24) is 0 Å². The van der Waals surface area contributed by atoms with Gasteiger partial charge in [-0.25, -0.2) is 0 Å². The Morgan fingerprint density at radius 3 is 1.94 bits per heavy atom. The first-order valence-corrected chi connectivity index (χ1v) is 11.2. The second kappa shape index (κ2) is 14.5. The number of phenolic OH excluding ortho intramolecular Hbond substituents is 1. The van der Waals surface area contributed by atoms with Crippen molar-refractivity contribution >= 4 is 5.78 Å². The topological polar surface area (TPSA) is 92.7 Å². The summed E-state index contributed by atoms with van der Waals surface area (Å²) in [6.45, 7) is 4.38. The molecule has 0 amide bonds. The van der Waals surface area contributed by atoms with Gasteiger partial charge in [-0.2, -0.15) is 0 Å². The summed E-state index contributed by atoms with van der Waals surface area (Å²) < 4.78 is 31.7. The number of hydrogen-bond acceptors (Lipinski definition) is 8. The van der Waals surface area contributed by atoms with Gasteiger partial charge in [-0.15, -0.1) is 0 Å². The molecule has 0 unspecified atom stereocenters. The van der Waals surface area contributed by atoms with Crippen molar-refractivity contribution in [3.8, 4) is 23.0 Å². The second-order valence-electron chi connectivity index (χ2n) is 8.30. The minimum atomic E-state index is -0.0662. The van der Waals surface area contributed by atoms with Crippen LogP contribution in [0.4, 0.5) is 0 Å². The Labute approximate surface area is 201 Å². The standard InChI is InChI=1S/C26H36O8/c1-18(2)6-11-22-24(33-16-30-4)14-25(34-17-31-5)23(26(22)28)13-20(27)12-19-7-9-21(10-8-19)32-15-29-3/h7-10,14,18,28H,6,11-13,15-17H2,1-5H3. The fourth-order valence-electron chi connectivity index (χ4n) is 3.37. The molecule has 1 N–H and O–H groups in total. The van der Waals surface area contributed by atoms with Crippen LogP contribution >= 0.6 is 0 Å². The number of carbonyl (C=O) groups is 1. The zero-order valence-electron chi connectivity index (χ0n) is 20.7. The van der Waals surface area contributed by atoms with Crippen LogP contribution in [0.15, 0.2) is 30.3 Å². The molecule has 0 aliphatic rings. The van der Waals surface area contributed by atoms with Gasteiger partial charge in [0.25, 0.3) is 0 Å². The van der Waals surface area contributed by atoms with Gasteiger partial charge in [-0.3, -0.25) is 4.79 Å². The molecule has 2 rings (SSSR count). The van der Waals surface area contributed by atoms with Crippen LogP contribution in [0.1, 0.15) is 37.0 Å². The van der Waals surface area contributed by atoms with Crippen molar-refractivity contribution in [3.05, 3.63) is 47.0 Å². The number of phenols is 1. The molecule has 188 valence electrons. The van der Waals surface area contributed by atoms with Gasteiger partial charge in [0.1, 0.15) is 28.8 Å². The SMILES string of the molecule is COCOc1ccc(CC(=O)Cc2c(OCOC)cc(OCOC)c(CCC(C)C)c2O)cc1. The zero-order chi connectivity index (χ0) is 24.9. The van der Waals surface area contributed by atoms with Gasteiger partial charge in [0, 0.05) is 51.4 Å². The highest BCUT2D eigenvalue weighted by Gasteiger charge is 2.22. The largest absolute Gasteiger partial charge is 0.507 e. The summed E-state index contributed by atoms with van der Waals surface area (Å²) in [6.07, 6.45) is 1.65. The molecule has 0 heterocycles. The van der Waals surface area contributed by atoms with Crippen molar-refractivity contribution in [1.29, 1.82) is 0 Å². The van der Waals surface area contributed by atoms with Gasteiger partial charge >= 0.3 is 0 Å².